The average molecular weight is 407 g/mol. The van der Waals surface area contributed by atoms with E-state index in [-0.39, 0.29) is 17.5 Å². The average Bonchev–Trinajstić information content (AvgIpc) is 3.00. The Morgan fingerprint density at radius 2 is 1.20 bits per heavy atom. The number of fused-ring (bicyclic) bond motifs is 1. The molecule has 0 spiro atoms. The van der Waals surface area contributed by atoms with Crippen molar-refractivity contribution < 1.29 is 28.8 Å². The molecular formula is C21H17N3O6. The quantitative estimate of drug-likeness (QED) is 0.558. The van der Waals surface area contributed by atoms with E-state index in [1.165, 1.54) is 26.2 Å². The van der Waals surface area contributed by atoms with Crippen LogP contribution in [0.15, 0.2) is 54.6 Å². The number of rotatable bonds is 4. The molecule has 6 amide bonds. The Bertz CT molecular complexity index is 1040. The summed E-state index contributed by atoms with van der Waals surface area (Å²) in [6.45, 7) is 0. The van der Waals surface area contributed by atoms with Crippen molar-refractivity contribution in [1.29, 1.82) is 0 Å². The first-order chi connectivity index (χ1) is 14.3. The van der Waals surface area contributed by atoms with E-state index in [2.05, 4.69) is 0 Å². The van der Waals surface area contributed by atoms with Crippen molar-refractivity contribution in [2.75, 3.05) is 14.1 Å². The smallest absolute Gasteiger partial charge is 0.270 e. The number of amides is 6. The predicted molar refractivity (Wildman–Crippen MR) is 102 cm³/mol. The minimum atomic E-state index is -2.30. The number of benzene rings is 2. The van der Waals surface area contributed by atoms with Crippen molar-refractivity contribution in [3.05, 3.63) is 71.3 Å². The van der Waals surface area contributed by atoms with Crippen LogP contribution < -0.4 is 0 Å². The van der Waals surface area contributed by atoms with Crippen molar-refractivity contribution in [3.63, 3.8) is 0 Å². The summed E-state index contributed by atoms with van der Waals surface area (Å²) in [6, 6.07) is 13.8. The summed E-state index contributed by atoms with van der Waals surface area (Å²) in [6.07, 6.45) is -0.277. The monoisotopic (exact) mass is 407 g/mol. The molecule has 4 rings (SSSR count). The number of barbiturate groups is 1. The van der Waals surface area contributed by atoms with Crippen LogP contribution in [0.4, 0.5) is 4.79 Å². The van der Waals surface area contributed by atoms with Crippen LogP contribution in [0.2, 0.25) is 0 Å². The molecule has 0 N–H and O–H groups in total. The Morgan fingerprint density at radius 1 is 0.733 bits per heavy atom. The Kier molecular flexibility index (Phi) is 4.47. The number of carbonyl (C=O) groups excluding carboxylic acids is 5. The summed E-state index contributed by atoms with van der Waals surface area (Å²) < 4.78 is 0. The van der Waals surface area contributed by atoms with Gasteiger partial charge in [-0.05, 0) is 17.7 Å². The molecule has 1 saturated heterocycles. The molecule has 0 unspecified atom stereocenters. The fourth-order valence-electron chi connectivity index (χ4n) is 3.58. The number of imide groups is 3. The molecule has 0 saturated carbocycles. The van der Waals surface area contributed by atoms with E-state index in [1.807, 2.05) is 0 Å². The maximum absolute atomic E-state index is 13.2. The lowest BCUT2D eigenvalue weighted by Crippen LogP contribution is -2.70. The third kappa shape index (κ3) is 2.71. The van der Waals surface area contributed by atoms with E-state index in [4.69, 9.17) is 4.84 Å². The highest BCUT2D eigenvalue weighted by Crippen LogP contribution is 2.32. The van der Waals surface area contributed by atoms with E-state index in [0.29, 0.717) is 10.6 Å². The van der Waals surface area contributed by atoms with Crippen molar-refractivity contribution in [2.24, 2.45) is 0 Å². The summed E-state index contributed by atoms with van der Waals surface area (Å²) in [4.78, 5) is 71.3. The molecule has 2 aromatic rings. The van der Waals surface area contributed by atoms with Crippen LogP contribution in [0, 0.1) is 0 Å². The first-order valence-electron chi connectivity index (χ1n) is 9.09. The molecule has 152 valence electrons. The fraction of sp³-hybridized carbons (Fsp3) is 0.190. The van der Waals surface area contributed by atoms with Gasteiger partial charge in [0.2, 0.25) is 0 Å². The lowest BCUT2D eigenvalue weighted by molar-refractivity contribution is -0.210. The molecule has 0 bridgehead atoms. The summed E-state index contributed by atoms with van der Waals surface area (Å²) >= 11 is 0. The number of hydroxylamine groups is 2. The van der Waals surface area contributed by atoms with Crippen LogP contribution in [-0.4, -0.2) is 64.2 Å². The van der Waals surface area contributed by atoms with Crippen LogP contribution in [-0.2, 0) is 20.8 Å². The third-order valence-corrected chi connectivity index (χ3v) is 5.17. The molecule has 30 heavy (non-hydrogen) atoms. The van der Waals surface area contributed by atoms with Crippen LogP contribution in [0.1, 0.15) is 26.3 Å². The van der Waals surface area contributed by atoms with Crippen molar-refractivity contribution in [1.82, 2.24) is 14.9 Å². The molecule has 0 atom stereocenters. The predicted octanol–water partition coefficient (Wildman–Crippen LogP) is 1.25. The highest BCUT2D eigenvalue weighted by Gasteiger charge is 2.60. The number of nitrogens with zero attached hydrogens (tertiary/aromatic N) is 3. The molecule has 2 aromatic carbocycles. The van der Waals surface area contributed by atoms with Gasteiger partial charge < -0.3 is 0 Å². The maximum Gasteiger partial charge on any atom is 0.333 e. The van der Waals surface area contributed by atoms with Gasteiger partial charge in [-0.3, -0.25) is 29.0 Å². The van der Waals surface area contributed by atoms with Gasteiger partial charge in [0, 0.05) is 20.5 Å². The van der Waals surface area contributed by atoms with Crippen molar-refractivity contribution >= 4 is 29.7 Å². The number of hydrogen-bond donors (Lipinski definition) is 0. The SMILES string of the molecule is CN1C(=O)N(C)C(=O)C(Cc2ccccc2)(ON2C(=O)c3ccccc3C2=O)C1=O. The van der Waals surface area contributed by atoms with Gasteiger partial charge in [0.15, 0.2) is 0 Å². The summed E-state index contributed by atoms with van der Waals surface area (Å²) in [5, 5.41) is 0.431. The maximum atomic E-state index is 13.2. The van der Waals surface area contributed by atoms with E-state index < -0.39 is 35.3 Å². The number of carbonyl (C=O) groups is 5. The normalized spacial score (nSPS) is 18.3. The second-order valence-electron chi connectivity index (χ2n) is 7.04. The zero-order chi connectivity index (χ0) is 21.6. The van der Waals surface area contributed by atoms with Gasteiger partial charge in [-0.2, -0.15) is 0 Å². The fourth-order valence-corrected chi connectivity index (χ4v) is 3.58. The van der Waals surface area contributed by atoms with E-state index in [0.717, 1.165) is 9.80 Å². The first-order valence-corrected chi connectivity index (χ1v) is 9.09. The third-order valence-electron chi connectivity index (χ3n) is 5.17. The van der Waals surface area contributed by atoms with Gasteiger partial charge >= 0.3 is 6.03 Å². The molecule has 9 nitrogen and oxygen atoms in total. The molecule has 0 radical (unpaired) electrons. The second kappa shape index (κ2) is 6.89. The number of likely N-dealkylation sites (N-methyl/N-ethyl adjacent to an activating group) is 2. The molecule has 2 aliphatic rings. The Labute approximate surface area is 171 Å². The highest BCUT2D eigenvalue weighted by atomic mass is 16.7. The highest BCUT2D eigenvalue weighted by molar-refractivity contribution is 6.23. The van der Waals surface area contributed by atoms with Gasteiger partial charge in [0.25, 0.3) is 29.2 Å². The zero-order valence-corrected chi connectivity index (χ0v) is 16.2. The van der Waals surface area contributed by atoms with Gasteiger partial charge in [0.1, 0.15) is 0 Å². The zero-order valence-electron chi connectivity index (χ0n) is 16.2. The standard InChI is InChI=1S/C21H17N3O6/c1-22-18(27)21(19(28)23(2)20(22)29,12-13-8-4-3-5-9-13)30-24-16(25)14-10-6-7-11-15(14)17(24)26/h3-11H,12H2,1-2H3. The molecule has 0 aromatic heterocycles. The van der Waals surface area contributed by atoms with Crippen LogP contribution in [0.25, 0.3) is 0 Å². The minimum Gasteiger partial charge on any atom is -0.270 e. The summed E-state index contributed by atoms with van der Waals surface area (Å²) in [5.74, 6) is -3.50. The number of hydrogen-bond acceptors (Lipinski definition) is 6. The van der Waals surface area contributed by atoms with Crippen molar-refractivity contribution in [3.8, 4) is 0 Å². The van der Waals surface area contributed by atoms with Crippen LogP contribution in [0.3, 0.4) is 0 Å². The Balaban J connectivity index is 1.80. The van der Waals surface area contributed by atoms with E-state index in [1.54, 1.807) is 42.5 Å². The van der Waals surface area contributed by atoms with Crippen LogP contribution in [0.5, 0.6) is 0 Å². The molecular weight excluding hydrogens is 390 g/mol. The Morgan fingerprint density at radius 3 is 1.70 bits per heavy atom. The second-order valence-corrected chi connectivity index (χ2v) is 7.04. The Hall–Kier alpha value is -3.85. The first kappa shape index (κ1) is 19.5. The number of urea groups is 1. The lowest BCUT2D eigenvalue weighted by atomic mass is 9.90. The van der Waals surface area contributed by atoms with Gasteiger partial charge in [-0.25, -0.2) is 9.63 Å². The lowest BCUT2D eigenvalue weighted by Gasteiger charge is -2.41. The van der Waals surface area contributed by atoms with Gasteiger partial charge in [-0.1, -0.05) is 42.5 Å². The molecule has 0 aliphatic carbocycles. The van der Waals surface area contributed by atoms with E-state index in [9.17, 15) is 24.0 Å². The molecule has 1 fully saturated rings. The molecule has 2 heterocycles. The molecule has 9 heteroatoms. The van der Waals surface area contributed by atoms with Gasteiger partial charge in [0.05, 0.1) is 11.1 Å². The van der Waals surface area contributed by atoms with Crippen LogP contribution >= 0.6 is 0 Å². The summed E-state index contributed by atoms with van der Waals surface area (Å²) in [7, 11) is 2.41. The molecule has 2 aliphatic heterocycles. The minimum absolute atomic E-state index is 0.103. The van der Waals surface area contributed by atoms with Gasteiger partial charge in [-0.15, -0.1) is 5.06 Å². The largest absolute Gasteiger partial charge is 0.333 e. The summed E-state index contributed by atoms with van der Waals surface area (Å²) in [5.41, 5.74) is -1.55. The topological polar surface area (TPSA) is 104 Å². The van der Waals surface area contributed by atoms with Crippen molar-refractivity contribution in [2.45, 2.75) is 12.0 Å². The van der Waals surface area contributed by atoms with E-state index >= 15 is 0 Å².